The number of hydrogen-bond donors (Lipinski definition) is 0. The molecule has 0 N–H and O–H groups in total. The Morgan fingerprint density at radius 2 is 2.20 bits per heavy atom. The lowest BCUT2D eigenvalue weighted by Gasteiger charge is -2.00. The van der Waals surface area contributed by atoms with Gasteiger partial charge < -0.3 is 0 Å². The fraction of sp³-hybridized carbons (Fsp3) is 0.583. The second-order valence-electron chi connectivity index (χ2n) is 3.45. The number of halogens is 1. The molecule has 0 aliphatic rings. The van der Waals surface area contributed by atoms with Crippen LogP contribution in [0.15, 0.2) is 18.2 Å². The summed E-state index contributed by atoms with van der Waals surface area (Å²) >= 11 is 5.60. The first-order valence-electron chi connectivity index (χ1n) is 5.58. The summed E-state index contributed by atoms with van der Waals surface area (Å²) in [5.41, 5.74) is 2.47. The number of hydrogen-bond acceptors (Lipinski definition) is 1. The van der Waals surface area contributed by atoms with Crippen molar-refractivity contribution in [3.05, 3.63) is 29.6 Å². The molecule has 0 amide bonds. The molecule has 1 aromatic heterocycles. The highest BCUT2D eigenvalue weighted by atomic mass is 35.5. The van der Waals surface area contributed by atoms with Gasteiger partial charge in [0.15, 0.2) is 0 Å². The monoisotopic (exact) mass is 226 g/mol. The third-order valence-electron chi connectivity index (χ3n) is 2.35. The van der Waals surface area contributed by atoms with Gasteiger partial charge in [-0.25, -0.2) is 0 Å². The van der Waals surface area contributed by atoms with E-state index in [0.29, 0.717) is 5.88 Å². The van der Waals surface area contributed by atoms with E-state index in [9.17, 15) is 0 Å². The van der Waals surface area contributed by atoms with Crippen molar-refractivity contribution in [1.82, 2.24) is 9.78 Å². The largest absolute Gasteiger partial charge is 0.269 e. The Balaban J connectivity index is 2.62. The molecule has 1 rings (SSSR count). The molecule has 0 fully saturated rings. The van der Waals surface area contributed by atoms with Crippen LogP contribution in [-0.2, 0) is 19.4 Å². The molecular formula is C12H19ClN2. The van der Waals surface area contributed by atoms with Crippen LogP contribution < -0.4 is 0 Å². The summed E-state index contributed by atoms with van der Waals surface area (Å²) in [5, 5.41) is 4.50. The van der Waals surface area contributed by atoms with Gasteiger partial charge >= 0.3 is 0 Å². The molecule has 0 unspecified atom stereocenters. The average Bonchev–Trinajstić information content (AvgIpc) is 2.67. The first kappa shape index (κ1) is 12.3. The lowest BCUT2D eigenvalue weighted by Crippen LogP contribution is -2.01. The van der Waals surface area contributed by atoms with Gasteiger partial charge in [0.2, 0.25) is 0 Å². The van der Waals surface area contributed by atoms with Gasteiger partial charge in [0.25, 0.3) is 0 Å². The van der Waals surface area contributed by atoms with Gasteiger partial charge in [0.1, 0.15) is 0 Å². The second-order valence-corrected chi connectivity index (χ2v) is 3.83. The van der Waals surface area contributed by atoms with Crippen molar-refractivity contribution in [3.63, 3.8) is 0 Å². The Morgan fingerprint density at radius 3 is 2.80 bits per heavy atom. The molecule has 2 nitrogen and oxygen atoms in total. The van der Waals surface area contributed by atoms with Crippen molar-refractivity contribution in [3.8, 4) is 0 Å². The van der Waals surface area contributed by atoms with Crippen molar-refractivity contribution in [1.29, 1.82) is 0 Å². The van der Waals surface area contributed by atoms with Crippen molar-refractivity contribution in [2.75, 3.05) is 5.88 Å². The molecule has 0 spiro atoms. The predicted octanol–water partition coefficient (Wildman–Crippen LogP) is 3.19. The minimum atomic E-state index is 0.698. The topological polar surface area (TPSA) is 17.8 Å². The highest BCUT2D eigenvalue weighted by molar-refractivity contribution is 6.17. The number of nitrogens with zero attached hydrogens (tertiary/aromatic N) is 2. The maximum absolute atomic E-state index is 5.60. The van der Waals surface area contributed by atoms with Gasteiger partial charge in [-0.15, -0.1) is 11.6 Å². The SMILES string of the molecule is CCc1cc(CC=CCCCl)n(CC)n1. The lowest BCUT2D eigenvalue weighted by atomic mass is 10.2. The van der Waals surface area contributed by atoms with Crippen LogP contribution in [0.25, 0.3) is 0 Å². The number of aryl methyl sites for hydroxylation is 2. The fourth-order valence-electron chi connectivity index (χ4n) is 1.51. The smallest absolute Gasteiger partial charge is 0.0624 e. The van der Waals surface area contributed by atoms with E-state index in [1.165, 1.54) is 11.4 Å². The number of allylic oxidation sites excluding steroid dienone is 2. The van der Waals surface area contributed by atoms with Crippen LogP contribution in [0.4, 0.5) is 0 Å². The van der Waals surface area contributed by atoms with Crippen LogP contribution >= 0.6 is 11.6 Å². The van der Waals surface area contributed by atoms with Gasteiger partial charge in [-0.3, -0.25) is 4.68 Å². The molecule has 0 aromatic carbocycles. The first-order valence-corrected chi connectivity index (χ1v) is 6.11. The zero-order valence-electron chi connectivity index (χ0n) is 9.54. The van der Waals surface area contributed by atoms with Crippen molar-refractivity contribution in [2.24, 2.45) is 0 Å². The highest BCUT2D eigenvalue weighted by Crippen LogP contribution is 2.07. The van der Waals surface area contributed by atoms with Crippen LogP contribution in [-0.4, -0.2) is 15.7 Å². The molecule has 3 heteroatoms. The predicted molar refractivity (Wildman–Crippen MR) is 65.5 cm³/mol. The van der Waals surface area contributed by atoms with E-state index in [1.54, 1.807) is 0 Å². The van der Waals surface area contributed by atoms with Gasteiger partial charge in [-0.2, -0.15) is 5.10 Å². The van der Waals surface area contributed by atoms with Gasteiger partial charge in [0, 0.05) is 24.5 Å². The first-order chi connectivity index (χ1) is 7.31. The summed E-state index contributed by atoms with van der Waals surface area (Å²) in [7, 11) is 0. The Morgan fingerprint density at radius 1 is 1.40 bits per heavy atom. The summed E-state index contributed by atoms with van der Waals surface area (Å²) in [6, 6.07) is 2.19. The number of rotatable bonds is 6. The van der Waals surface area contributed by atoms with Crippen LogP contribution in [0.5, 0.6) is 0 Å². The summed E-state index contributed by atoms with van der Waals surface area (Å²) < 4.78 is 2.07. The van der Waals surface area contributed by atoms with Crippen molar-refractivity contribution >= 4 is 11.6 Å². The molecule has 15 heavy (non-hydrogen) atoms. The molecule has 0 bridgehead atoms. The van der Waals surface area contributed by atoms with E-state index in [1.807, 2.05) is 0 Å². The molecular weight excluding hydrogens is 208 g/mol. The summed E-state index contributed by atoms with van der Waals surface area (Å²) in [6.07, 6.45) is 7.21. The Kier molecular flexibility index (Phi) is 5.48. The maximum Gasteiger partial charge on any atom is 0.0624 e. The van der Waals surface area contributed by atoms with E-state index in [0.717, 1.165) is 25.8 Å². The molecule has 1 aromatic rings. The third-order valence-corrected chi connectivity index (χ3v) is 2.56. The highest BCUT2D eigenvalue weighted by Gasteiger charge is 2.02. The standard InChI is InChI=1S/C12H19ClN2/c1-3-11-10-12(15(4-2)14-11)8-6-5-7-9-13/h5-6,10H,3-4,7-9H2,1-2H3. The molecule has 0 atom stereocenters. The minimum Gasteiger partial charge on any atom is -0.269 e. The Bertz CT molecular complexity index is 315. The molecule has 1 heterocycles. The van der Waals surface area contributed by atoms with E-state index in [-0.39, 0.29) is 0 Å². The van der Waals surface area contributed by atoms with Gasteiger partial charge in [-0.05, 0) is 25.8 Å². The van der Waals surface area contributed by atoms with E-state index >= 15 is 0 Å². The van der Waals surface area contributed by atoms with Crippen LogP contribution in [0.3, 0.4) is 0 Å². The Labute approximate surface area is 96.9 Å². The van der Waals surface area contributed by atoms with E-state index in [4.69, 9.17) is 11.6 Å². The van der Waals surface area contributed by atoms with Crippen LogP contribution in [0.1, 0.15) is 31.7 Å². The van der Waals surface area contributed by atoms with Gasteiger partial charge in [-0.1, -0.05) is 19.1 Å². The molecule has 0 saturated carbocycles. The quantitative estimate of drug-likeness (QED) is 0.538. The Hall–Kier alpha value is -0.760. The van der Waals surface area contributed by atoms with E-state index < -0.39 is 0 Å². The average molecular weight is 227 g/mol. The molecule has 0 aliphatic carbocycles. The molecule has 84 valence electrons. The molecule has 0 radical (unpaired) electrons. The third kappa shape index (κ3) is 3.71. The maximum atomic E-state index is 5.60. The fourth-order valence-corrected chi connectivity index (χ4v) is 1.64. The van der Waals surface area contributed by atoms with Crippen LogP contribution in [0, 0.1) is 0 Å². The zero-order valence-corrected chi connectivity index (χ0v) is 10.3. The molecule has 0 saturated heterocycles. The number of alkyl halides is 1. The van der Waals surface area contributed by atoms with Crippen molar-refractivity contribution in [2.45, 2.75) is 39.7 Å². The second kappa shape index (κ2) is 6.67. The summed E-state index contributed by atoms with van der Waals surface area (Å²) in [6.45, 7) is 5.20. The zero-order chi connectivity index (χ0) is 11.1. The lowest BCUT2D eigenvalue weighted by molar-refractivity contribution is 0.623. The van der Waals surface area contributed by atoms with Crippen molar-refractivity contribution < 1.29 is 0 Å². The summed E-state index contributed by atoms with van der Waals surface area (Å²) in [4.78, 5) is 0. The minimum absolute atomic E-state index is 0.698. The number of aromatic nitrogens is 2. The normalized spacial score (nSPS) is 11.4. The summed E-state index contributed by atoms with van der Waals surface area (Å²) in [5.74, 6) is 0.698. The van der Waals surface area contributed by atoms with Gasteiger partial charge in [0.05, 0.1) is 5.69 Å². The van der Waals surface area contributed by atoms with Crippen LogP contribution in [0.2, 0.25) is 0 Å². The molecule has 0 aliphatic heterocycles. The van der Waals surface area contributed by atoms with E-state index in [2.05, 4.69) is 41.8 Å².